The van der Waals surface area contributed by atoms with Gasteiger partial charge in [-0.15, -0.1) is 0 Å². The number of rotatable bonds is 6. The van der Waals surface area contributed by atoms with Gasteiger partial charge in [0.1, 0.15) is 5.75 Å². The number of nitrogens with zero attached hydrogens (tertiary/aromatic N) is 1. The summed E-state index contributed by atoms with van der Waals surface area (Å²) in [5.74, 6) is -0.841. The first-order chi connectivity index (χ1) is 11.9. The Morgan fingerprint density at radius 3 is 2.31 bits per heavy atom. The summed E-state index contributed by atoms with van der Waals surface area (Å²) in [6.07, 6.45) is -5.32. The maximum atomic E-state index is 12.4. The number of hydrazine groups is 1. The molecule has 1 aromatic carbocycles. The number of carbonyl (C=O) groups is 2. The zero-order chi connectivity index (χ0) is 20.1. The van der Waals surface area contributed by atoms with Crippen molar-refractivity contribution in [1.29, 1.82) is 0 Å². The van der Waals surface area contributed by atoms with E-state index in [0.29, 0.717) is 5.75 Å². The third-order valence-electron chi connectivity index (χ3n) is 4.01. The van der Waals surface area contributed by atoms with E-state index in [1.165, 1.54) is 20.9 Å². The molecule has 2 atom stereocenters. The van der Waals surface area contributed by atoms with Crippen molar-refractivity contribution in [1.82, 2.24) is 15.8 Å². The van der Waals surface area contributed by atoms with Crippen LogP contribution in [0.5, 0.6) is 5.75 Å². The number of aryl methyl sites for hydroxylation is 1. The summed E-state index contributed by atoms with van der Waals surface area (Å²) in [5.41, 5.74) is 6.17. The van der Waals surface area contributed by atoms with Crippen LogP contribution >= 0.6 is 0 Å². The first-order valence-corrected chi connectivity index (χ1v) is 8.02. The van der Waals surface area contributed by atoms with Gasteiger partial charge in [-0.2, -0.15) is 13.2 Å². The smallest absolute Gasteiger partial charge is 0.401 e. The second kappa shape index (κ2) is 8.88. The number of halogens is 3. The number of likely N-dealkylation sites (N-methyl/N-ethyl adjacent to an activating group) is 1. The van der Waals surface area contributed by atoms with E-state index in [-0.39, 0.29) is 0 Å². The largest absolute Gasteiger partial charge is 0.481 e. The molecule has 0 aliphatic rings. The molecule has 2 amide bonds. The standard InChI is InChI=1S/C17H24F3N3O3/c1-10-7-6-8-14(11(10)2)26-13(4)16(25)22-21-15(24)12(3)23(5)9-17(18,19)20/h6-8,12-13H,9H2,1-5H3,(H,21,24)(H,22,25). The van der Waals surface area contributed by atoms with Crippen LogP contribution in [0, 0.1) is 13.8 Å². The van der Waals surface area contributed by atoms with Crippen LogP contribution in [0.25, 0.3) is 0 Å². The van der Waals surface area contributed by atoms with E-state index < -0.39 is 36.7 Å². The molecular weight excluding hydrogens is 351 g/mol. The summed E-state index contributed by atoms with van der Waals surface area (Å²) in [6, 6.07) is 4.35. The van der Waals surface area contributed by atoms with Crippen LogP contribution in [0.4, 0.5) is 13.2 Å². The zero-order valence-electron chi connectivity index (χ0n) is 15.4. The van der Waals surface area contributed by atoms with E-state index >= 15 is 0 Å². The predicted octanol–water partition coefficient (Wildman–Crippen LogP) is 2.10. The molecule has 0 spiro atoms. The molecule has 2 N–H and O–H groups in total. The fraction of sp³-hybridized carbons (Fsp3) is 0.529. The highest BCUT2D eigenvalue weighted by molar-refractivity contribution is 5.86. The average molecular weight is 375 g/mol. The second-order valence-corrected chi connectivity index (χ2v) is 6.14. The van der Waals surface area contributed by atoms with E-state index in [4.69, 9.17) is 4.74 Å². The highest BCUT2D eigenvalue weighted by Crippen LogP contribution is 2.21. The van der Waals surface area contributed by atoms with Crippen LogP contribution in [-0.2, 0) is 9.59 Å². The van der Waals surface area contributed by atoms with Gasteiger partial charge in [0.05, 0.1) is 12.6 Å². The van der Waals surface area contributed by atoms with Crippen molar-refractivity contribution in [2.24, 2.45) is 0 Å². The summed E-state index contributed by atoms with van der Waals surface area (Å²) in [5, 5.41) is 0. The number of alkyl halides is 3. The molecule has 146 valence electrons. The fourth-order valence-electron chi connectivity index (χ4n) is 2.04. The molecule has 0 saturated carbocycles. The van der Waals surface area contributed by atoms with Crippen molar-refractivity contribution in [2.75, 3.05) is 13.6 Å². The van der Waals surface area contributed by atoms with Gasteiger partial charge in [0.2, 0.25) is 0 Å². The maximum Gasteiger partial charge on any atom is 0.401 e. The molecule has 0 aliphatic heterocycles. The van der Waals surface area contributed by atoms with Gasteiger partial charge in [-0.05, 0) is 51.9 Å². The van der Waals surface area contributed by atoms with Gasteiger partial charge < -0.3 is 4.74 Å². The molecule has 0 radical (unpaired) electrons. The highest BCUT2D eigenvalue weighted by Gasteiger charge is 2.32. The molecule has 1 aromatic rings. The summed E-state index contributed by atoms with van der Waals surface area (Å²) in [7, 11) is 1.17. The van der Waals surface area contributed by atoms with Gasteiger partial charge in [-0.25, -0.2) is 0 Å². The Hall–Kier alpha value is -2.29. The van der Waals surface area contributed by atoms with Gasteiger partial charge >= 0.3 is 6.18 Å². The molecular formula is C17H24F3N3O3. The topological polar surface area (TPSA) is 70.7 Å². The molecule has 2 unspecified atom stereocenters. The number of amides is 2. The van der Waals surface area contributed by atoms with Crippen molar-refractivity contribution < 1.29 is 27.5 Å². The van der Waals surface area contributed by atoms with E-state index in [1.807, 2.05) is 19.9 Å². The van der Waals surface area contributed by atoms with E-state index in [9.17, 15) is 22.8 Å². The quantitative estimate of drug-likeness (QED) is 0.747. The van der Waals surface area contributed by atoms with Crippen LogP contribution in [0.3, 0.4) is 0 Å². The minimum Gasteiger partial charge on any atom is -0.481 e. The SMILES string of the molecule is Cc1cccc(OC(C)C(=O)NNC(=O)C(C)N(C)CC(F)(F)F)c1C. The van der Waals surface area contributed by atoms with Crippen molar-refractivity contribution in [2.45, 2.75) is 46.0 Å². The van der Waals surface area contributed by atoms with Crippen molar-refractivity contribution >= 4 is 11.8 Å². The van der Waals surface area contributed by atoms with Crippen molar-refractivity contribution in [3.8, 4) is 5.75 Å². The van der Waals surface area contributed by atoms with E-state index in [1.54, 1.807) is 12.1 Å². The van der Waals surface area contributed by atoms with E-state index in [0.717, 1.165) is 16.0 Å². The lowest BCUT2D eigenvalue weighted by atomic mass is 10.1. The Balaban J connectivity index is 2.54. The molecule has 0 heterocycles. The van der Waals surface area contributed by atoms with Gasteiger partial charge in [-0.1, -0.05) is 12.1 Å². The lowest BCUT2D eigenvalue weighted by Crippen LogP contribution is -2.53. The highest BCUT2D eigenvalue weighted by atomic mass is 19.4. The minimum atomic E-state index is -4.42. The second-order valence-electron chi connectivity index (χ2n) is 6.14. The molecule has 6 nitrogen and oxygen atoms in total. The fourth-order valence-corrected chi connectivity index (χ4v) is 2.04. The Morgan fingerprint density at radius 1 is 1.15 bits per heavy atom. The lowest BCUT2D eigenvalue weighted by Gasteiger charge is -2.25. The Labute approximate surface area is 150 Å². The number of carbonyl (C=O) groups excluding carboxylic acids is 2. The minimum absolute atomic E-state index is 0.539. The molecule has 26 heavy (non-hydrogen) atoms. The van der Waals surface area contributed by atoms with Gasteiger partial charge in [0, 0.05) is 0 Å². The van der Waals surface area contributed by atoms with Crippen LogP contribution < -0.4 is 15.6 Å². The Kier molecular flexibility index (Phi) is 7.43. The molecule has 0 aromatic heterocycles. The number of nitrogens with one attached hydrogen (secondary N) is 2. The molecule has 1 rings (SSSR count). The Morgan fingerprint density at radius 2 is 1.73 bits per heavy atom. The average Bonchev–Trinajstić information content (AvgIpc) is 2.54. The van der Waals surface area contributed by atoms with Crippen molar-refractivity contribution in [3.63, 3.8) is 0 Å². The van der Waals surface area contributed by atoms with Crippen molar-refractivity contribution in [3.05, 3.63) is 29.3 Å². The molecule has 0 fully saturated rings. The summed E-state index contributed by atoms with van der Waals surface area (Å²) >= 11 is 0. The van der Waals surface area contributed by atoms with Gasteiger partial charge in [-0.3, -0.25) is 25.3 Å². The summed E-state index contributed by atoms with van der Waals surface area (Å²) in [6.45, 7) is 5.34. The third kappa shape index (κ3) is 6.55. The molecule has 0 bridgehead atoms. The number of ether oxygens (including phenoxy) is 1. The summed E-state index contributed by atoms with van der Waals surface area (Å²) in [4.78, 5) is 24.7. The maximum absolute atomic E-state index is 12.4. The molecule has 9 heteroatoms. The van der Waals surface area contributed by atoms with Crippen LogP contribution in [-0.4, -0.2) is 48.6 Å². The lowest BCUT2D eigenvalue weighted by molar-refractivity contribution is -0.152. The van der Waals surface area contributed by atoms with Gasteiger partial charge in [0.15, 0.2) is 6.10 Å². The third-order valence-corrected chi connectivity index (χ3v) is 4.01. The predicted molar refractivity (Wildman–Crippen MR) is 90.4 cm³/mol. The monoisotopic (exact) mass is 375 g/mol. The number of hydrogen-bond acceptors (Lipinski definition) is 4. The van der Waals surface area contributed by atoms with E-state index in [2.05, 4.69) is 10.9 Å². The summed E-state index contributed by atoms with van der Waals surface area (Å²) < 4.78 is 42.6. The zero-order valence-corrected chi connectivity index (χ0v) is 15.4. The molecule has 0 saturated heterocycles. The molecule has 0 aliphatic carbocycles. The van der Waals surface area contributed by atoms with Crippen LogP contribution in [0.1, 0.15) is 25.0 Å². The Bertz CT molecular complexity index is 650. The first-order valence-electron chi connectivity index (χ1n) is 8.02. The van der Waals surface area contributed by atoms with Gasteiger partial charge in [0.25, 0.3) is 11.8 Å². The van der Waals surface area contributed by atoms with Crippen LogP contribution in [0.2, 0.25) is 0 Å². The first kappa shape index (κ1) is 21.8. The normalized spacial score (nSPS) is 13.9. The number of benzene rings is 1. The number of hydrogen-bond donors (Lipinski definition) is 2. The van der Waals surface area contributed by atoms with Crippen LogP contribution in [0.15, 0.2) is 18.2 Å².